The van der Waals surface area contributed by atoms with Crippen LogP contribution in [-0.2, 0) is 25.7 Å². The van der Waals surface area contributed by atoms with E-state index in [0.29, 0.717) is 17.8 Å². The minimum Gasteiger partial charge on any atom is -0.313 e. The molecule has 0 aliphatic heterocycles. The molecule has 3 heteroatoms. The zero-order valence-electron chi connectivity index (χ0n) is 34.1. The molecule has 1 nitrogen and oxygen atoms in total. The molecule has 12 rings (SSSR count). The maximum absolute atomic E-state index is 2.70. The van der Waals surface area contributed by atoms with Gasteiger partial charge in [0.15, 0.2) is 0 Å². The third-order valence-electron chi connectivity index (χ3n) is 14.5. The fourth-order valence-corrected chi connectivity index (χ4v) is 14.3. The van der Waals surface area contributed by atoms with Gasteiger partial charge in [-0.15, -0.1) is 22.7 Å². The van der Waals surface area contributed by atoms with Crippen molar-refractivity contribution < 1.29 is 0 Å². The average molecular weight is 804 g/mol. The Kier molecular flexibility index (Phi) is 9.25. The second-order valence-electron chi connectivity index (χ2n) is 18.0. The summed E-state index contributed by atoms with van der Waals surface area (Å²) < 4.78 is 3.04. The lowest BCUT2D eigenvalue weighted by Crippen LogP contribution is -2.35. The highest BCUT2D eigenvalue weighted by molar-refractivity contribution is 7.11. The summed E-state index contributed by atoms with van der Waals surface area (Å²) in [6, 6.07) is 14.5. The molecule has 0 bridgehead atoms. The fourth-order valence-electron chi connectivity index (χ4n) is 11.5. The van der Waals surface area contributed by atoms with Gasteiger partial charge in [0.05, 0.1) is 4.53 Å². The number of aryl methyl sites for hydroxylation is 2. The molecule has 8 aliphatic carbocycles. The van der Waals surface area contributed by atoms with Gasteiger partial charge in [0, 0.05) is 37.3 Å². The SMILES string of the molecule is C1=CC(C2=CCCc3c2sc2c3=CCCC=2N(C2=CC(C3C=c4c5c(sc4=CC3)CCCC5)CC=C2)c2ccc(C3C=c4ccc5c(c4=CC3)C=CCC5)cc2)=CCC1. The molecule has 294 valence electrons. The summed E-state index contributed by atoms with van der Waals surface area (Å²) in [5.74, 6) is 1.41. The number of rotatable bonds is 6. The van der Waals surface area contributed by atoms with Crippen molar-refractivity contribution in [3.63, 3.8) is 0 Å². The van der Waals surface area contributed by atoms with E-state index in [4.69, 9.17) is 0 Å². The summed E-state index contributed by atoms with van der Waals surface area (Å²) in [5.41, 5.74) is 14.7. The number of hydrogen-bond donors (Lipinski definition) is 0. The van der Waals surface area contributed by atoms with E-state index in [1.807, 2.05) is 0 Å². The van der Waals surface area contributed by atoms with Crippen LogP contribution in [0.2, 0.25) is 0 Å². The maximum Gasteiger partial charge on any atom is 0.0547 e. The molecule has 3 unspecified atom stereocenters. The Morgan fingerprint density at radius 1 is 0.576 bits per heavy atom. The van der Waals surface area contributed by atoms with Gasteiger partial charge in [-0.05, 0) is 186 Å². The van der Waals surface area contributed by atoms with Gasteiger partial charge in [0.2, 0.25) is 0 Å². The molecular formula is C56H53NS2. The van der Waals surface area contributed by atoms with Crippen LogP contribution in [0.3, 0.4) is 0 Å². The first kappa shape index (κ1) is 36.2. The van der Waals surface area contributed by atoms with Gasteiger partial charge in [-0.2, -0.15) is 0 Å². The Labute approximate surface area is 356 Å². The number of allylic oxidation sites excluding steroid dienone is 10. The number of anilines is 1. The molecule has 4 aromatic rings. The first-order chi connectivity index (χ1) is 29.2. The van der Waals surface area contributed by atoms with E-state index in [0.717, 1.165) is 70.6 Å². The number of nitrogens with zero attached hydrogens (tertiary/aromatic N) is 1. The van der Waals surface area contributed by atoms with Crippen LogP contribution in [0.1, 0.15) is 114 Å². The number of benzene rings is 2. The van der Waals surface area contributed by atoms with Gasteiger partial charge in [-0.1, -0.05) is 103 Å². The number of fused-ring (bicyclic) bond motifs is 9. The minimum atomic E-state index is 0.389. The molecule has 0 fully saturated rings. The Hall–Kier alpha value is -4.70. The topological polar surface area (TPSA) is 3.24 Å². The van der Waals surface area contributed by atoms with E-state index in [1.165, 1.54) is 95.7 Å². The van der Waals surface area contributed by atoms with Crippen LogP contribution in [0.4, 0.5) is 5.69 Å². The predicted octanol–water partition coefficient (Wildman–Crippen LogP) is 9.93. The molecule has 0 saturated carbocycles. The highest BCUT2D eigenvalue weighted by Crippen LogP contribution is 2.39. The third-order valence-corrected chi connectivity index (χ3v) is 17.1. The van der Waals surface area contributed by atoms with Crippen LogP contribution in [-0.4, -0.2) is 0 Å². The lowest BCUT2D eigenvalue weighted by atomic mass is 9.81. The van der Waals surface area contributed by atoms with Gasteiger partial charge < -0.3 is 4.90 Å². The number of thiophene rings is 2. The first-order valence-electron chi connectivity index (χ1n) is 22.8. The average Bonchev–Trinajstić information content (AvgIpc) is 3.88. The second kappa shape index (κ2) is 15.1. The van der Waals surface area contributed by atoms with Crippen molar-refractivity contribution in [2.24, 2.45) is 11.8 Å². The van der Waals surface area contributed by atoms with Gasteiger partial charge in [0.1, 0.15) is 0 Å². The molecule has 2 aromatic carbocycles. The molecule has 8 aliphatic rings. The lowest BCUT2D eigenvalue weighted by Gasteiger charge is -2.33. The van der Waals surface area contributed by atoms with Crippen LogP contribution in [0.25, 0.3) is 47.7 Å². The fraction of sp³-hybridized carbons (Fsp3) is 0.321. The predicted molar refractivity (Wildman–Crippen MR) is 254 cm³/mol. The maximum atomic E-state index is 2.70. The molecule has 0 amide bonds. The summed E-state index contributed by atoms with van der Waals surface area (Å²) in [6.07, 6.45) is 52.6. The molecule has 0 spiro atoms. The van der Waals surface area contributed by atoms with Gasteiger partial charge >= 0.3 is 0 Å². The summed E-state index contributed by atoms with van der Waals surface area (Å²) in [5, 5.41) is 5.94. The van der Waals surface area contributed by atoms with Gasteiger partial charge in [-0.3, -0.25) is 0 Å². The van der Waals surface area contributed by atoms with Crippen LogP contribution in [0.15, 0.2) is 96.3 Å². The standard InChI is InChI=1S/C56H53NS2/c1-2-11-37(12-3-1)47-18-9-19-49-50-20-10-21-52(56(50)59-55(47)49)57(44-15-8-14-39(34-44)41-28-32-54-51(35-41)48-17-6-7-22-53(48)58-54)43-29-25-36(26-30-43)40-27-31-46-42(33-40)24-23-38-13-4-5-16-45(38)46/h2,5,8,11-12,15-16,18,20,23-26,29-35,39-41H,1,3-4,6-7,9-10,13-14,17,19,21-22,27-28H2. The Morgan fingerprint density at radius 3 is 2.41 bits per heavy atom. The summed E-state index contributed by atoms with van der Waals surface area (Å²) in [7, 11) is 0. The van der Waals surface area contributed by atoms with E-state index in [1.54, 1.807) is 25.8 Å². The van der Waals surface area contributed by atoms with Crippen LogP contribution in [0.5, 0.6) is 0 Å². The summed E-state index contributed by atoms with van der Waals surface area (Å²) in [4.78, 5) is 5.87. The molecule has 2 aromatic heterocycles. The van der Waals surface area contributed by atoms with Crippen LogP contribution >= 0.6 is 22.7 Å². The number of hydrogen-bond acceptors (Lipinski definition) is 3. The van der Waals surface area contributed by atoms with Crippen molar-refractivity contribution in [1.82, 2.24) is 0 Å². The minimum absolute atomic E-state index is 0.389. The smallest absolute Gasteiger partial charge is 0.0547 e. The van der Waals surface area contributed by atoms with E-state index in [2.05, 4.69) is 149 Å². The van der Waals surface area contributed by atoms with Crippen molar-refractivity contribution in [3.05, 3.63) is 164 Å². The highest BCUT2D eigenvalue weighted by atomic mass is 32.1. The van der Waals surface area contributed by atoms with E-state index < -0.39 is 0 Å². The van der Waals surface area contributed by atoms with Crippen LogP contribution in [0, 0.1) is 11.8 Å². The Bertz CT molecular complexity index is 2990. The molecule has 0 radical (unpaired) electrons. The van der Waals surface area contributed by atoms with Gasteiger partial charge in [0.25, 0.3) is 0 Å². The van der Waals surface area contributed by atoms with Crippen molar-refractivity contribution in [3.8, 4) is 0 Å². The zero-order chi connectivity index (χ0) is 38.9. The van der Waals surface area contributed by atoms with E-state index in [-0.39, 0.29) is 0 Å². The molecule has 3 atom stereocenters. The van der Waals surface area contributed by atoms with Gasteiger partial charge in [-0.25, -0.2) is 0 Å². The highest BCUT2D eigenvalue weighted by Gasteiger charge is 2.29. The van der Waals surface area contributed by atoms with Crippen LogP contribution < -0.4 is 34.8 Å². The van der Waals surface area contributed by atoms with E-state index in [9.17, 15) is 0 Å². The van der Waals surface area contributed by atoms with Crippen molar-refractivity contribution in [2.75, 3.05) is 4.90 Å². The Balaban J connectivity index is 0.958. The molecule has 59 heavy (non-hydrogen) atoms. The molecule has 0 N–H and O–H groups in total. The van der Waals surface area contributed by atoms with Crippen molar-refractivity contribution in [2.45, 2.75) is 102 Å². The summed E-state index contributed by atoms with van der Waals surface area (Å²) in [6.45, 7) is 0. The largest absolute Gasteiger partial charge is 0.313 e. The lowest BCUT2D eigenvalue weighted by molar-refractivity contribution is 0.506. The quantitative estimate of drug-likeness (QED) is 0.188. The second-order valence-corrected chi connectivity index (χ2v) is 20.2. The zero-order valence-corrected chi connectivity index (χ0v) is 35.8. The molecule has 0 saturated heterocycles. The monoisotopic (exact) mass is 803 g/mol. The normalized spacial score (nSPS) is 23.5. The van der Waals surface area contributed by atoms with E-state index >= 15 is 0 Å². The third kappa shape index (κ3) is 6.38. The molecule has 2 heterocycles. The summed E-state index contributed by atoms with van der Waals surface area (Å²) >= 11 is 4.16. The first-order valence-corrected chi connectivity index (χ1v) is 24.4. The Morgan fingerprint density at radius 2 is 1.47 bits per heavy atom. The molecular weight excluding hydrogens is 751 g/mol. The van der Waals surface area contributed by atoms with Crippen molar-refractivity contribution >= 4 is 76.1 Å². The van der Waals surface area contributed by atoms with Crippen molar-refractivity contribution in [1.29, 1.82) is 0 Å².